The van der Waals surface area contributed by atoms with Gasteiger partial charge in [0.05, 0.1) is 0 Å². The van der Waals surface area contributed by atoms with Gasteiger partial charge >= 0.3 is 0 Å². The van der Waals surface area contributed by atoms with Gasteiger partial charge in [0.25, 0.3) is 5.91 Å². The predicted octanol–water partition coefficient (Wildman–Crippen LogP) is 0.639. The Balaban J connectivity index is 2.50. The van der Waals surface area contributed by atoms with Gasteiger partial charge in [0.2, 0.25) is 0 Å². The highest BCUT2D eigenvalue weighted by Gasteiger charge is 2.25. The van der Waals surface area contributed by atoms with Gasteiger partial charge in [0.1, 0.15) is 6.04 Å². The number of hydrogen-bond donors (Lipinski definition) is 2. The third-order valence-electron chi connectivity index (χ3n) is 1.82. The first kappa shape index (κ1) is 10.0. The molecule has 0 spiro atoms. The molecule has 74 valence electrons. The summed E-state index contributed by atoms with van der Waals surface area (Å²) in [5, 5.41) is 5.80. The second-order valence-corrected chi connectivity index (χ2v) is 3.57. The monoisotopic (exact) mass is 183 g/mol. The largest absolute Gasteiger partial charge is 0.354 e. The van der Waals surface area contributed by atoms with Gasteiger partial charge in [-0.1, -0.05) is 13.3 Å². The predicted molar refractivity (Wildman–Crippen MR) is 52.5 cm³/mol. The van der Waals surface area contributed by atoms with E-state index in [9.17, 15) is 4.79 Å². The zero-order valence-electron chi connectivity index (χ0n) is 8.42. The van der Waals surface area contributed by atoms with E-state index in [-0.39, 0.29) is 11.9 Å². The first-order chi connectivity index (χ1) is 6.13. The Morgan fingerprint density at radius 2 is 2.31 bits per heavy atom. The van der Waals surface area contributed by atoms with Crippen molar-refractivity contribution in [3.05, 3.63) is 0 Å². The third kappa shape index (κ3) is 2.72. The molecule has 2 N–H and O–H groups in total. The van der Waals surface area contributed by atoms with Crippen LogP contribution < -0.4 is 10.6 Å². The van der Waals surface area contributed by atoms with Crippen LogP contribution in [0.5, 0.6) is 0 Å². The zero-order valence-corrected chi connectivity index (χ0v) is 8.42. The molecule has 1 amide bonds. The Bertz CT molecular complexity index is 223. The van der Waals surface area contributed by atoms with E-state index >= 15 is 0 Å². The Labute approximate surface area is 78.8 Å². The Kier molecular flexibility index (Phi) is 3.28. The molecule has 13 heavy (non-hydrogen) atoms. The fraction of sp³-hybridized carbons (Fsp3) is 0.778. The molecule has 1 atom stereocenters. The fourth-order valence-corrected chi connectivity index (χ4v) is 1.26. The van der Waals surface area contributed by atoms with Crippen LogP contribution in [-0.4, -0.2) is 24.0 Å². The average molecular weight is 183 g/mol. The number of guanidine groups is 1. The number of nitrogens with zero attached hydrogens (tertiary/aromatic N) is 1. The maximum atomic E-state index is 11.3. The van der Waals surface area contributed by atoms with E-state index in [2.05, 4.69) is 22.5 Å². The maximum Gasteiger partial charge on any atom is 0.251 e. The fourth-order valence-electron chi connectivity index (χ4n) is 1.26. The van der Waals surface area contributed by atoms with E-state index < -0.39 is 0 Å². The lowest BCUT2D eigenvalue weighted by atomic mass is 10.2. The van der Waals surface area contributed by atoms with Crippen LogP contribution in [0.4, 0.5) is 0 Å². The first-order valence-electron chi connectivity index (χ1n) is 4.78. The van der Waals surface area contributed by atoms with Crippen LogP contribution in [0.1, 0.15) is 33.6 Å². The van der Waals surface area contributed by atoms with Crippen molar-refractivity contribution < 1.29 is 4.79 Å². The summed E-state index contributed by atoms with van der Waals surface area (Å²) in [5.41, 5.74) is 0. The highest BCUT2D eigenvalue weighted by Crippen LogP contribution is 2.06. The minimum Gasteiger partial charge on any atom is -0.354 e. The van der Waals surface area contributed by atoms with Crippen molar-refractivity contribution in [1.82, 2.24) is 10.6 Å². The van der Waals surface area contributed by atoms with Crippen LogP contribution in [-0.2, 0) is 4.79 Å². The molecule has 0 aromatic carbocycles. The van der Waals surface area contributed by atoms with E-state index in [4.69, 9.17) is 0 Å². The average Bonchev–Trinajstić information content (AvgIpc) is 2.31. The van der Waals surface area contributed by atoms with Crippen LogP contribution in [0.3, 0.4) is 0 Å². The van der Waals surface area contributed by atoms with Crippen molar-refractivity contribution in [3.63, 3.8) is 0 Å². The molecule has 1 unspecified atom stereocenters. The normalized spacial score (nSPS) is 21.7. The molecule has 1 heterocycles. The zero-order chi connectivity index (χ0) is 9.84. The van der Waals surface area contributed by atoms with Crippen molar-refractivity contribution in [2.24, 2.45) is 4.99 Å². The molecule has 0 bridgehead atoms. The smallest absolute Gasteiger partial charge is 0.251 e. The lowest BCUT2D eigenvalue weighted by Gasteiger charge is -2.07. The second kappa shape index (κ2) is 4.25. The molecule has 4 heteroatoms. The molecule has 1 aliphatic rings. The molecule has 1 rings (SSSR count). The minimum absolute atomic E-state index is 0.0185. The summed E-state index contributed by atoms with van der Waals surface area (Å²) in [7, 11) is 0. The van der Waals surface area contributed by atoms with Crippen molar-refractivity contribution >= 4 is 11.9 Å². The van der Waals surface area contributed by atoms with E-state index in [1.165, 1.54) is 0 Å². The molecule has 0 saturated heterocycles. The Hall–Kier alpha value is -1.06. The molecule has 0 aromatic heterocycles. The van der Waals surface area contributed by atoms with Gasteiger partial charge in [-0.3, -0.25) is 10.1 Å². The van der Waals surface area contributed by atoms with E-state index in [0.29, 0.717) is 12.0 Å². The van der Waals surface area contributed by atoms with E-state index in [1.807, 2.05) is 13.8 Å². The number of rotatable bonds is 3. The summed E-state index contributed by atoms with van der Waals surface area (Å²) in [5.74, 6) is 0.642. The van der Waals surface area contributed by atoms with Crippen LogP contribution in [0, 0.1) is 0 Å². The summed E-state index contributed by atoms with van der Waals surface area (Å²) in [6, 6.07) is 0.130. The van der Waals surface area contributed by atoms with Crippen molar-refractivity contribution in [2.75, 3.05) is 0 Å². The Morgan fingerprint density at radius 1 is 1.62 bits per heavy atom. The van der Waals surface area contributed by atoms with E-state index in [0.717, 1.165) is 12.8 Å². The van der Waals surface area contributed by atoms with Crippen molar-refractivity contribution in [3.8, 4) is 0 Å². The first-order valence-corrected chi connectivity index (χ1v) is 4.78. The van der Waals surface area contributed by atoms with Gasteiger partial charge < -0.3 is 5.32 Å². The van der Waals surface area contributed by atoms with Crippen LogP contribution in [0.25, 0.3) is 0 Å². The number of nitrogens with one attached hydrogen (secondary N) is 2. The van der Waals surface area contributed by atoms with Crippen molar-refractivity contribution in [2.45, 2.75) is 45.7 Å². The third-order valence-corrected chi connectivity index (χ3v) is 1.82. The van der Waals surface area contributed by atoms with Gasteiger partial charge in [-0.05, 0) is 20.3 Å². The number of hydrogen-bond acceptors (Lipinski definition) is 3. The van der Waals surface area contributed by atoms with Gasteiger partial charge in [-0.15, -0.1) is 0 Å². The summed E-state index contributed by atoms with van der Waals surface area (Å²) in [6.45, 7) is 6.08. The molecule has 4 nitrogen and oxygen atoms in total. The molecular weight excluding hydrogens is 166 g/mol. The van der Waals surface area contributed by atoms with Gasteiger partial charge in [0, 0.05) is 6.04 Å². The maximum absolute atomic E-state index is 11.3. The lowest BCUT2D eigenvalue weighted by Crippen LogP contribution is -2.40. The summed E-state index contributed by atoms with van der Waals surface area (Å²) >= 11 is 0. The molecule has 0 fully saturated rings. The number of aliphatic imine (C=N–C) groups is 1. The highest BCUT2D eigenvalue weighted by atomic mass is 16.2. The second-order valence-electron chi connectivity index (χ2n) is 3.57. The molecule has 0 aromatic rings. The van der Waals surface area contributed by atoms with Crippen LogP contribution in [0.2, 0.25) is 0 Å². The lowest BCUT2D eigenvalue weighted by molar-refractivity contribution is -0.120. The summed E-state index contributed by atoms with van der Waals surface area (Å²) < 4.78 is 0. The molecular formula is C9H17N3O. The van der Waals surface area contributed by atoms with Gasteiger partial charge in [-0.2, -0.15) is 0 Å². The molecule has 0 radical (unpaired) electrons. The minimum atomic E-state index is -0.175. The highest BCUT2D eigenvalue weighted by molar-refractivity contribution is 6.04. The van der Waals surface area contributed by atoms with Crippen LogP contribution >= 0.6 is 0 Å². The van der Waals surface area contributed by atoms with E-state index in [1.54, 1.807) is 0 Å². The summed E-state index contributed by atoms with van der Waals surface area (Å²) in [4.78, 5) is 15.5. The van der Waals surface area contributed by atoms with Gasteiger partial charge in [0.15, 0.2) is 5.96 Å². The summed E-state index contributed by atoms with van der Waals surface area (Å²) in [6.07, 6.45) is 1.81. The standard InChI is InChI=1S/C9H17N3O/c1-4-5-7-8(13)12-9(11-7)10-6(2)3/h6-7H,4-5H2,1-3H3,(H2,10,11,12,13). The molecule has 0 saturated carbocycles. The molecule has 0 aliphatic carbocycles. The number of carbonyl (C=O) groups excluding carboxylic acids is 1. The number of amides is 1. The molecule has 1 aliphatic heterocycles. The number of carbonyl (C=O) groups is 1. The van der Waals surface area contributed by atoms with Crippen molar-refractivity contribution in [1.29, 1.82) is 0 Å². The van der Waals surface area contributed by atoms with Crippen LogP contribution in [0.15, 0.2) is 4.99 Å². The van der Waals surface area contributed by atoms with Gasteiger partial charge in [-0.25, -0.2) is 4.99 Å². The Morgan fingerprint density at radius 3 is 2.85 bits per heavy atom. The quantitative estimate of drug-likeness (QED) is 0.674. The topological polar surface area (TPSA) is 53.5 Å². The SMILES string of the molecule is CCCC1N=C(NC(C)C)NC1=O.